The van der Waals surface area contributed by atoms with Crippen LogP contribution in [0.3, 0.4) is 0 Å². The van der Waals surface area contributed by atoms with Crippen LogP contribution in [-0.2, 0) is 20.9 Å². The van der Waals surface area contributed by atoms with E-state index in [-0.39, 0.29) is 11.8 Å². The predicted molar refractivity (Wildman–Crippen MR) is 161 cm³/mol. The number of benzene rings is 1. The van der Waals surface area contributed by atoms with Crippen LogP contribution < -0.4 is 15.5 Å². The summed E-state index contributed by atoms with van der Waals surface area (Å²) in [5.41, 5.74) is 2.82. The Kier molecular flexibility index (Phi) is 14.1. The summed E-state index contributed by atoms with van der Waals surface area (Å²) in [5, 5.41) is 21.9. The number of aliphatic carboxylic acids is 2. The Balaban J connectivity index is 0.000000459. The maximum absolute atomic E-state index is 12.4. The molecule has 3 heterocycles. The van der Waals surface area contributed by atoms with Gasteiger partial charge in [-0.1, -0.05) is 18.2 Å². The van der Waals surface area contributed by atoms with E-state index >= 15 is 0 Å². The van der Waals surface area contributed by atoms with Crippen LogP contribution in [0.4, 0.5) is 43.5 Å². The molecule has 2 aromatic heterocycles. The Morgan fingerprint density at radius 3 is 1.94 bits per heavy atom. The van der Waals surface area contributed by atoms with Gasteiger partial charge in [-0.25, -0.2) is 14.6 Å². The van der Waals surface area contributed by atoms with Gasteiger partial charge in [0.1, 0.15) is 5.82 Å². The minimum atomic E-state index is -5.08. The molecular weight excluding hydrogens is 660 g/mol. The van der Waals surface area contributed by atoms with Crippen molar-refractivity contribution in [1.29, 1.82) is 0 Å². The fourth-order valence-electron chi connectivity index (χ4n) is 4.10. The summed E-state index contributed by atoms with van der Waals surface area (Å²) < 4.78 is 63.5. The van der Waals surface area contributed by atoms with Crippen LogP contribution in [0.15, 0.2) is 60.1 Å². The molecule has 1 aromatic carbocycles. The van der Waals surface area contributed by atoms with Crippen molar-refractivity contribution < 1.29 is 55.7 Å². The van der Waals surface area contributed by atoms with Gasteiger partial charge in [0.05, 0.1) is 4.88 Å². The molecule has 4 rings (SSSR count). The number of pyridine rings is 1. The molecule has 2 amide bonds. The highest BCUT2D eigenvalue weighted by Gasteiger charge is 2.38. The van der Waals surface area contributed by atoms with E-state index in [9.17, 15) is 35.9 Å². The quantitative estimate of drug-likeness (QED) is 0.228. The highest BCUT2D eigenvalue weighted by molar-refractivity contribution is 7.12. The van der Waals surface area contributed by atoms with Crippen molar-refractivity contribution >= 4 is 52.3 Å². The number of carboxylic acids is 2. The lowest BCUT2D eigenvalue weighted by Crippen LogP contribution is -2.43. The molecule has 0 unspecified atom stereocenters. The summed E-state index contributed by atoms with van der Waals surface area (Å²) >= 11 is 1.43. The van der Waals surface area contributed by atoms with E-state index in [0.717, 1.165) is 49.7 Å². The van der Waals surface area contributed by atoms with Gasteiger partial charge in [-0.3, -0.25) is 14.5 Å². The largest absolute Gasteiger partial charge is 0.490 e. The number of carbonyl (C=O) groups excluding carboxylic acids is 2. The normalized spacial score (nSPS) is 13.6. The van der Waals surface area contributed by atoms with Gasteiger partial charge in [0, 0.05) is 63.3 Å². The second kappa shape index (κ2) is 17.3. The molecule has 18 heteroatoms. The van der Waals surface area contributed by atoms with Gasteiger partial charge in [-0.2, -0.15) is 26.3 Å². The molecule has 11 nitrogen and oxygen atoms in total. The van der Waals surface area contributed by atoms with E-state index in [0.29, 0.717) is 10.9 Å². The molecule has 0 aliphatic carbocycles. The average Bonchev–Trinajstić information content (AvgIpc) is 3.53. The van der Waals surface area contributed by atoms with Crippen LogP contribution in [0.25, 0.3) is 0 Å². The molecule has 4 N–H and O–H groups in total. The maximum atomic E-state index is 12.4. The first-order chi connectivity index (χ1) is 21.9. The highest BCUT2D eigenvalue weighted by Crippen LogP contribution is 2.24. The number of thiophene rings is 1. The van der Waals surface area contributed by atoms with Gasteiger partial charge < -0.3 is 25.7 Å². The number of amides is 2. The molecule has 0 bridgehead atoms. The minimum Gasteiger partial charge on any atom is -0.475 e. The van der Waals surface area contributed by atoms with Crippen molar-refractivity contribution in [3.05, 3.63) is 70.5 Å². The molecule has 1 aliphatic rings. The number of likely N-dealkylation sites (tertiary alicyclic amines) is 1. The first-order valence-electron chi connectivity index (χ1n) is 13.6. The van der Waals surface area contributed by atoms with Crippen molar-refractivity contribution in [2.75, 3.05) is 35.7 Å². The first kappa shape index (κ1) is 38.5. The van der Waals surface area contributed by atoms with Crippen molar-refractivity contribution in [1.82, 2.24) is 9.88 Å². The maximum Gasteiger partial charge on any atom is 0.490 e. The van der Waals surface area contributed by atoms with Crippen molar-refractivity contribution in [3.8, 4) is 0 Å². The number of nitrogens with one attached hydrogen (secondary N) is 2. The predicted octanol–water partition coefficient (Wildman–Crippen LogP) is 5.72. The Labute approximate surface area is 268 Å². The molecule has 256 valence electrons. The number of aromatic nitrogens is 1. The zero-order valence-electron chi connectivity index (χ0n) is 24.9. The van der Waals surface area contributed by atoms with Crippen LogP contribution in [0.1, 0.15) is 35.0 Å². The molecule has 1 saturated heterocycles. The number of carbonyl (C=O) groups is 4. The topological polar surface area (TPSA) is 152 Å². The standard InChI is InChI=1S/C25H29N5O2S.2C2HF3O2/c1-18(31)27-20-7-5-19(6-8-20)17-30-13-10-22(11-14-30)29(2)24-16-21(9-12-26-24)28-25(32)23-4-3-15-33-23;2*3-2(4,5)1(6)7/h3-9,12,15-16,22H,10-11,13-14,17H2,1-2H3,(H,27,31)(H,26,28,32);2*(H,6,7). The van der Waals surface area contributed by atoms with Crippen molar-refractivity contribution in [3.63, 3.8) is 0 Å². The van der Waals surface area contributed by atoms with E-state index in [2.05, 4.69) is 44.6 Å². The van der Waals surface area contributed by atoms with Crippen LogP contribution in [0.2, 0.25) is 0 Å². The summed E-state index contributed by atoms with van der Waals surface area (Å²) in [6, 6.07) is 15.9. The molecule has 1 fully saturated rings. The third-order valence-electron chi connectivity index (χ3n) is 6.38. The van der Waals surface area contributed by atoms with Crippen LogP contribution >= 0.6 is 11.3 Å². The Morgan fingerprint density at radius 1 is 0.915 bits per heavy atom. The summed E-state index contributed by atoms with van der Waals surface area (Å²) in [5.74, 6) is -4.80. The monoisotopic (exact) mass is 691 g/mol. The lowest BCUT2D eigenvalue weighted by molar-refractivity contribution is -0.193. The van der Waals surface area contributed by atoms with E-state index < -0.39 is 24.3 Å². The van der Waals surface area contributed by atoms with Gasteiger partial charge in [0.15, 0.2) is 0 Å². The molecular formula is C29H31F6N5O6S. The molecule has 0 radical (unpaired) electrons. The van der Waals surface area contributed by atoms with Gasteiger partial charge in [-0.05, 0) is 48.1 Å². The Bertz CT molecular complexity index is 1450. The second-order valence-electron chi connectivity index (χ2n) is 9.94. The number of piperidine rings is 1. The first-order valence-corrected chi connectivity index (χ1v) is 14.5. The van der Waals surface area contributed by atoms with Crippen LogP contribution in [0, 0.1) is 0 Å². The Hall–Kier alpha value is -4.71. The Morgan fingerprint density at radius 2 is 1.47 bits per heavy atom. The lowest BCUT2D eigenvalue weighted by Gasteiger charge is -2.37. The van der Waals surface area contributed by atoms with Gasteiger partial charge in [0.25, 0.3) is 5.91 Å². The van der Waals surface area contributed by atoms with Gasteiger partial charge in [-0.15, -0.1) is 11.3 Å². The molecule has 0 saturated carbocycles. The summed E-state index contributed by atoms with van der Waals surface area (Å²) in [4.78, 5) is 51.2. The summed E-state index contributed by atoms with van der Waals surface area (Å²) in [7, 11) is 2.08. The number of hydrogen-bond acceptors (Lipinski definition) is 8. The van der Waals surface area contributed by atoms with Crippen LogP contribution in [0.5, 0.6) is 0 Å². The fraction of sp³-hybridized carbons (Fsp3) is 0.345. The second-order valence-corrected chi connectivity index (χ2v) is 10.9. The highest BCUT2D eigenvalue weighted by atomic mass is 32.1. The van der Waals surface area contributed by atoms with E-state index in [1.54, 1.807) is 6.20 Å². The lowest BCUT2D eigenvalue weighted by atomic mass is 10.0. The van der Waals surface area contributed by atoms with E-state index in [1.165, 1.54) is 23.8 Å². The molecule has 0 spiro atoms. The summed E-state index contributed by atoms with van der Waals surface area (Å²) in [6.45, 7) is 4.44. The zero-order valence-corrected chi connectivity index (χ0v) is 25.7. The minimum absolute atomic E-state index is 0.0566. The molecule has 47 heavy (non-hydrogen) atoms. The number of rotatable bonds is 7. The summed E-state index contributed by atoms with van der Waals surface area (Å²) in [6.07, 6.45) is -6.32. The number of carboxylic acid groups (broad SMARTS) is 2. The zero-order chi connectivity index (χ0) is 35.4. The van der Waals surface area contributed by atoms with E-state index in [1.807, 2.05) is 41.8 Å². The van der Waals surface area contributed by atoms with Gasteiger partial charge >= 0.3 is 24.3 Å². The molecule has 0 atom stereocenters. The average molecular weight is 692 g/mol. The van der Waals surface area contributed by atoms with Gasteiger partial charge in [0.2, 0.25) is 5.91 Å². The number of halogens is 6. The van der Waals surface area contributed by atoms with Crippen molar-refractivity contribution in [2.24, 2.45) is 0 Å². The molecule has 1 aliphatic heterocycles. The third kappa shape index (κ3) is 13.7. The third-order valence-corrected chi connectivity index (χ3v) is 7.25. The molecule has 3 aromatic rings. The van der Waals surface area contributed by atoms with E-state index in [4.69, 9.17) is 19.8 Å². The number of alkyl halides is 6. The fourth-order valence-corrected chi connectivity index (χ4v) is 4.72. The van der Waals surface area contributed by atoms with Crippen molar-refractivity contribution in [2.45, 2.75) is 44.7 Å². The van der Waals surface area contributed by atoms with Crippen LogP contribution in [-0.4, -0.2) is 82.4 Å². The SMILES string of the molecule is CC(=O)Nc1ccc(CN2CCC(N(C)c3cc(NC(=O)c4cccs4)ccn3)CC2)cc1.O=C(O)C(F)(F)F.O=C(O)C(F)(F)F. The number of hydrogen-bond donors (Lipinski definition) is 4. The smallest absolute Gasteiger partial charge is 0.475 e. The number of nitrogens with zero attached hydrogens (tertiary/aromatic N) is 3. The number of anilines is 3.